The van der Waals surface area contributed by atoms with Gasteiger partial charge in [-0.3, -0.25) is 4.98 Å². The zero-order valence-electron chi connectivity index (χ0n) is 15.9. The summed E-state index contributed by atoms with van der Waals surface area (Å²) in [5.41, 5.74) is 6.81. The number of H-pyrrole nitrogens is 1. The smallest absolute Gasteiger partial charge is 0.404 e. The summed E-state index contributed by atoms with van der Waals surface area (Å²) in [5.74, 6) is 0.656. The molecule has 29 heavy (non-hydrogen) atoms. The lowest BCUT2D eigenvalue weighted by Crippen LogP contribution is -2.13. The number of primary amides is 1. The molecule has 1 amide bonds. The highest BCUT2D eigenvalue weighted by Crippen LogP contribution is 2.39. The van der Waals surface area contributed by atoms with Crippen molar-refractivity contribution in [2.75, 3.05) is 0 Å². The summed E-state index contributed by atoms with van der Waals surface area (Å²) in [7, 11) is 0. The summed E-state index contributed by atoms with van der Waals surface area (Å²) in [6.07, 6.45) is 0.904. The lowest BCUT2D eigenvalue weighted by Gasteiger charge is -2.19. The molecule has 3 rings (SSSR count). The van der Waals surface area contributed by atoms with Crippen LogP contribution in [-0.2, 0) is 11.3 Å². The number of ether oxygens (including phenoxy) is 1. The molecule has 0 spiro atoms. The third-order valence-corrected chi connectivity index (χ3v) is 5.54. The average Bonchev–Trinajstić information content (AvgIpc) is 3.02. The van der Waals surface area contributed by atoms with Gasteiger partial charge in [0.05, 0.1) is 5.69 Å². The number of nitrogens with one attached hydrogen (secondary N) is 1. The van der Waals surface area contributed by atoms with Crippen molar-refractivity contribution in [3.8, 4) is 0 Å². The van der Waals surface area contributed by atoms with E-state index in [-0.39, 0.29) is 18.4 Å². The predicted octanol–water partition coefficient (Wildman–Crippen LogP) is 5.65. The van der Waals surface area contributed by atoms with Crippen LogP contribution in [0.5, 0.6) is 0 Å². The number of benzene rings is 1. The van der Waals surface area contributed by atoms with Gasteiger partial charge >= 0.3 is 6.09 Å². The Kier molecular flexibility index (Phi) is 7.05. The lowest BCUT2D eigenvalue weighted by molar-refractivity contribution is 0.147. The predicted molar refractivity (Wildman–Crippen MR) is 114 cm³/mol. The van der Waals surface area contributed by atoms with Crippen LogP contribution >= 0.6 is 35.0 Å². The number of imidazole rings is 1. The molecule has 3 N–H and O–H groups in total. The Morgan fingerprint density at radius 3 is 2.55 bits per heavy atom. The molecule has 0 aliphatic heterocycles. The molecule has 0 saturated heterocycles. The molecule has 0 aliphatic carbocycles. The number of aromatic nitrogens is 3. The van der Waals surface area contributed by atoms with E-state index < -0.39 is 6.09 Å². The Bertz CT molecular complexity index is 975. The Hall–Kier alpha value is -2.22. The van der Waals surface area contributed by atoms with E-state index in [4.69, 9.17) is 38.7 Å². The van der Waals surface area contributed by atoms with Gasteiger partial charge in [0.25, 0.3) is 0 Å². The highest BCUT2D eigenvalue weighted by molar-refractivity contribution is 7.99. The molecule has 152 valence electrons. The molecule has 0 bridgehead atoms. The molecular formula is C20H20Cl2N4O2S. The second-order valence-corrected chi connectivity index (χ2v) is 8.65. The van der Waals surface area contributed by atoms with Gasteiger partial charge in [0.2, 0.25) is 0 Å². The number of halogens is 2. The maximum atomic E-state index is 11.0. The first-order valence-electron chi connectivity index (χ1n) is 8.89. The Morgan fingerprint density at radius 2 is 1.97 bits per heavy atom. The number of aromatic amines is 1. The van der Waals surface area contributed by atoms with Crippen molar-refractivity contribution in [2.24, 2.45) is 11.7 Å². The number of pyridine rings is 1. The number of hydrogen-bond acceptors (Lipinski definition) is 5. The van der Waals surface area contributed by atoms with Crippen LogP contribution < -0.4 is 5.73 Å². The number of nitrogens with two attached hydrogens (primary N) is 1. The molecule has 9 heteroatoms. The molecule has 2 heterocycles. The van der Waals surface area contributed by atoms with E-state index in [0.717, 1.165) is 21.3 Å². The molecular weight excluding hydrogens is 431 g/mol. The number of carbonyl (C=O) groups is 1. The fourth-order valence-electron chi connectivity index (χ4n) is 2.98. The summed E-state index contributed by atoms with van der Waals surface area (Å²) in [5, 5.41) is 1.89. The van der Waals surface area contributed by atoms with Gasteiger partial charge in [-0.25, -0.2) is 9.78 Å². The molecule has 0 aliphatic rings. The second kappa shape index (κ2) is 9.52. The van der Waals surface area contributed by atoms with E-state index in [2.05, 4.69) is 23.8 Å². The summed E-state index contributed by atoms with van der Waals surface area (Å²) >= 11 is 13.8. The molecule has 1 aromatic carbocycles. The fourth-order valence-corrected chi connectivity index (χ4v) is 4.69. The number of rotatable bonds is 7. The largest absolute Gasteiger partial charge is 0.442 e. The molecule has 1 unspecified atom stereocenters. The average molecular weight is 451 g/mol. The van der Waals surface area contributed by atoms with Gasteiger partial charge in [0.15, 0.2) is 6.61 Å². The van der Waals surface area contributed by atoms with Gasteiger partial charge in [0.1, 0.15) is 10.9 Å². The second-order valence-electron chi connectivity index (χ2n) is 6.69. The van der Waals surface area contributed by atoms with Gasteiger partial charge in [0, 0.05) is 32.7 Å². The Balaban J connectivity index is 2.04. The maximum Gasteiger partial charge on any atom is 0.404 e. The van der Waals surface area contributed by atoms with Crippen molar-refractivity contribution in [2.45, 2.75) is 36.3 Å². The van der Waals surface area contributed by atoms with Crippen molar-refractivity contribution in [3.05, 3.63) is 69.9 Å². The van der Waals surface area contributed by atoms with Gasteiger partial charge in [-0.2, -0.15) is 0 Å². The highest BCUT2D eigenvalue weighted by Gasteiger charge is 2.27. The molecule has 2 aromatic heterocycles. The summed E-state index contributed by atoms with van der Waals surface area (Å²) < 4.78 is 4.91. The summed E-state index contributed by atoms with van der Waals surface area (Å²) in [6.45, 7) is 4.17. The number of carbonyl (C=O) groups excluding carboxylic acids is 1. The van der Waals surface area contributed by atoms with E-state index in [1.807, 2.05) is 30.3 Å². The van der Waals surface area contributed by atoms with Crippen molar-refractivity contribution in [1.29, 1.82) is 0 Å². The van der Waals surface area contributed by atoms with E-state index in [9.17, 15) is 4.79 Å². The number of amides is 1. The van der Waals surface area contributed by atoms with Gasteiger partial charge in [-0.15, -0.1) is 0 Å². The maximum absolute atomic E-state index is 11.0. The molecule has 0 saturated carbocycles. The first-order valence-corrected chi connectivity index (χ1v) is 10.5. The first-order chi connectivity index (χ1) is 13.8. The van der Waals surface area contributed by atoms with E-state index in [1.54, 1.807) is 12.3 Å². The van der Waals surface area contributed by atoms with E-state index in [1.165, 1.54) is 11.8 Å². The molecule has 0 radical (unpaired) electrons. The van der Waals surface area contributed by atoms with Crippen LogP contribution in [0.4, 0.5) is 4.79 Å². The van der Waals surface area contributed by atoms with Crippen LogP contribution in [0.2, 0.25) is 10.0 Å². The highest BCUT2D eigenvalue weighted by atomic mass is 35.5. The van der Waals surface area contributed by atoms with Gasteiger partial charge in [-0.05, 0) is 36.2 Å². The topological polar surface area (TPSA) is 93.9 Å². The van der Waals surface area contributed by atoms with Crippen molar-refractivity contribution >= 4 is 41.1 Å². The number of nitrogens with zero attached hydrogens (tertiary/aromatic N) is 2. The van der Waals surface area contributed by atoms with Crippen LogP contribution in [0.1, 0.15) is 37.0 Å². The third kappa shape index (κ3) is 5.65. The Labute approximate surface area is 183 Å². The molecule has 3 aromatic rings. The minimum atomic E-state index is -0.857. The lowest BCUT2D eigenvalue weighted by atomic mass is 9.89. The zero-order chi connectivity index (χ0) is 21.0. The van der Waals surface area contributed by atoms with Crippen LogP contribution in [0.15, 0.2) is 52.5 Å². The monoisotopic (exact) mass is 450 g/mol. The standard InChI is InChI=1S/C20H20Cl2N4O2S/c1-11(2)17(15-5-3-4-6-24-15)18-19(26-16(25-18)10-28-20(23)27)29-14-8-12(21)7-13(22)9-14/h3-9,11,17H,10H2,1-2H3,(H2,23,27)(H,25,26). The van der Waals surface area contributed by atoms with Crippen molar-refractivity contribution < 1.29 is 9.53 Å². The minimum absolute atomic E-state index is 0.0494. The van der Waals surface area contributed by atoms with Crippen LogP contribution in [0.3, 0.4) is 0 Å². The first kappa shape index (κ1) is 21.5. The van der Waals surface area contributed by atoms with Gasteiger partial charge < -0.3 is 15.5 Å². The van der Waals surface area contributed by atoms with Crippen LogP contribution in [0, 0.1) is 5.92 Å². The fraction of sp³-hybridized carbons (Fsp3) is 0.250. The van der Waals surface area contributed by atoms with Gasteiger partial charge in [-0.1, -0.05) is 54.9 Å². The van der Waals surface area contributed by atoms with Crippen LogP contribution in [0.25, 0.3) is 0 Å². The zero-order valence-corrected chi connectivity index (χ0v) is 18.2. The normalized spacial score (nSPS) is 12.2. The third-order valence-electron chi connectivity index (χ3n) is 4.12. The molecule has 0 fully saturated rings. The molecule has 1 atom stereocenters. The quantitative estimate of drug-likeness (QED) is 0.485. The van der Waals surface area contributed by atoms with Crippen molar-refractivity contribution in [1.82, 2.24) is 15.0 Å². The van der Waals surface area contributed by atoms with E-state index in [0.29, 0.717) is 15.9 Å². The minimum Gasteiger partial charge on any atom is -0.442 e. The number of hydrogen-bond donors (Lipinski definition) is 2. The summed E-state index contributed by atoms with van der Waals surface area (Å²) in [6, 6.07) is 11.1. The SMILES string of the molecule is CC(C)C(c1ccccn1)c1nc(COC(N)=O)[nH]c1Sc1cc(Cl)cc(Cl)c1. The molecule has 6 nitrogen and oxygen atoms in total. The summed E-state index contributed by atoms with van der Waals surface area (Å²) in [4.78, 5) is 24.3. The van der Waals surface area contributed by atoms with Crippen LogP contribution in [-0.4, -0.2) is 21.0 Å². The Morgan fingerprint density at radius 1 is 1.24 bits per heavy atom. The van der Waals surface area contributed by atoms with E-state index >= 15 is 0 Å². The van der Waals surface area contributed by atoms with Crippen molar-refractivity contribution in [3.63, 3.8) is 0 Å².